The van der Waals surface area contributed by atoms with Crippen LogP contribution in [0.2, 0.25) is 0 Å². The van der Waals surface area contributed by atoms with Crippen LogP contribution in [0.15, 0.2) is 66.7 Å². The van der Waals surface area contributed by atoms with Crippen molar-refractivity contribution >= 4 is 18.9 Å². The Hall–Kier alpha value is -2.51. The van der Waals surface area contributed by atoms with Crippen LogP contribution in [0.25, 0.3) is 11.1 Å². The highest BCUT2D eigenvalue weighted by Crippen LogP contribution is 2.58. The molecule has 1 aliphatic heterocycles. The molecule has 1 aliphatic rings. The molecular formula is C26H30NO2P. The lowest BCUT2D eigenvalue weighted by atomic mass is 10.0. The SMILES string of the molecule is COc1cccc(OC)c1-c1cccc2c1P(C(C)(C)C)CN2Cc1ccccc1. The smallest absolute Gasteiger partial charge is 0.130 e. The highest BCUT2D eigenvalue weighted by atomic mass is 31.1. The molecule has 30 heavy (non-hydrogen) atoms. The Balaban J connectivity index is 1.89. The van der Waals surface area contributed by atoms with E-state index in [0.717, 1.165) is 29.9 Å². The Morgan fingerprint density at radius 3 is 2.07 bits per heavy atom. The van der Waals surface area contributed by atoms with Crippen LogP contribution >= 0.6 is 7.92 Å². The van der Waals surface area contributed by atoms with Crippen molar-refractivity contribution in [1.29, 1.82) is 0 Å². The molecule has 1 atom stereocenters. The van der Waals surface area contributed by atoms with E-state index in [4.69, 9.17) is 9.47 Å². The molecule has 0 saturated carbocycles. The molecule has 0 aliphatic carbocycles. The second-order valence-corrected chi connectivity index (χ2v) is 11.6. The minimum atomic E-state index is -0.402. The fourth-order valence-electron chi connectivity index (χ4n) is 4.19. The summed E-state index contributed by atoms with van der Waals surface area (Å²) in [5, 5.41) is 1.65. The topological polar surface area (TPSA) is 21.7 Å². The molecule has 156 valence electrons. The van der Waals surface area contributed by atoms with Crippen molar-refractivity contribution in [3.05, 3.63) is 72.3 Å². The zero-order valence-electron chi connectivity index (χ0n) is 18.5. The number of ether oxygens (including phenoxy) is 2. The maximum absolute atomic E-state index is 5.76. The Labute approximate surface area is 181 Å². The molecule has 0 saturated heterocycles. The van der Waals surface area contributed by atoms with Gasteiger partial charge in [-0.1, -0.05) is 69.3 Å². The van der Waals surface area contributed by atoms with E-state index in [1.165, 1.54) is 22.1 Å². The predicted molar refractivity (Wildman–Crippen MR) is 129 cm³/mol. The first kappa shape index (κ1) is 20.8. The summed E-state index contributed by atoms with van der Waals surface area (Å²) in [6.45, 7) is 8.02. The Bertz CT molecular complexity index is 1000. The lowest BCUT2D eigenvalue weighted by molar-refractivity contribution is 0.397. The first-order chi connectivity index (χ1) is 14.4. The number of hydrogen-bond donors (Lipinski definition) is 0. The Morgan fingerprint density at radius 1 is 0.833 bits per heavy atom. The molecule has 1 heterocycles. The van der Waals surface area contributed by atoms with Crippen LogP contribution in [0.3, 0.4) is 0 Å². The van der Waals surface area contributed by atoms with Gasteiger partial charge in [0.15, 0.2) is 0 Å². The van der Waals surface area contributed by atoms with E-state index in [1.54, 1.807) is 14.2 Å². The summed E-state index contributed by atoms with van der Waals surface area (Å²) in [6.07, 6.45) is 1.07. The quantitative estimate of drug-likeness (QED) is 0.456. The van der Waals surface area contributed by atoms with Crippen LogP contribution in [0.4, 0.5) is 5.69 Å². The van der Waals surface area contributed by atoms with Crippen LogP contribution in [-0.4, -0.2) is 25.7 Å². The van der Waals surface area contributed by atoms with E-state index in [9.17, 15) is 0 Å². The molecule has 4 heteroatoms. The molecule has 0 aromatic heterocycles. The highest BCUT2D eigenvalue weighted by molar-refractivity contribution is 7.68. The monoisotopic (exact) mass is 419 g/mol. The Kier molecular flexibility index (Phi) is 5.75. The van der Waals surface area contributed by atoms with Crippen molar-refractivity contribution in [3.63, 3.8) is 0 Å². The molecule has 0 spiro atoms. The standard InChI is InChI=1S/C26H30NO2P/c1-26(2,3)30-18-27(17-19-11-7-6-8-12-19)21-14-9-13-20(25(21)30)24-22(28-4)15-10-16-23(24)29-5/h6-16H,17-18H2,1-5H3. The van der Waals surface area contributed by atoms with Crippen molar-refractivity contribution in [2.75, 3.05) is 25.4 Å². The second kappa shape index (κ2) is 8.32. The lowest BCUT2D eigenvalue weighted by Gasteiger charge is -2.30. The van der Waals surface area contributed by atoms with Gasteiger partial charge in [0.2, 0.25) is 0 Å². The third-order valence-electron chi connectivity index (χ3n) is 5.66. The molecular weight excluding hydrogens is 389 g/mol. The van der Waals surface area contributed by atoms with Gasteiger partial charge >= 0.3 is 0 Å². The minimum absolute atomic E-state index is 0.195. The largest absolute Gasteiger partial charge is 0.496 e. The molecule has 3 aromatic rings. The van der Waals surface area contributed by atoms with Crippen molar-refractivity contribution < 1.29 is 9.47 Å². The van der Waals surface area contributed by atoms with Crippen molar-refractivity contribution in [1.82, 2.24) is 0 Å². The number of nitrogens with zero attached hydrogens (tertiary/aromatic N) is 1. The summed E-state index contributed by atoms with van der Waals surface area (Å²) >= 11 is 0. The summed E-state index contributed by atoms with van der Waals surface area (Å²) in [5.41, 5.74) is 4.97. The molecule has 0 amide bonds. The molecule has 3 aromatic carbocycles. The van der Waals surface area contributed by atoms with Gasteiger partial charge in [0.25, 0.3) is 0 Å². The second-order valence-electron chi connectivity index (χ2n) is 8.63. The molecule has 0 radical (unpaired) electrons. The van der Waals surface area contributed by atoms with E-state index in [0.29, 0.717) is 0 Å². The molecule has 0 bridgehead atoms. The molecule has 4 rings (SSSR count). The van der Waals surface area contributed by atoms with Crippen LogP contribution in [0.1, 0.15) is 26.3 Å². The highest BCUT2D eigenvalue weighted by Gasteiger charge is 2.38. The van der Waals surface area contributed by atoms with E-state index in [2.05, 4.69) is 74.2 Å². The van der Waals surface area contributed by atoms with Gasteiger partial charge in [-0.3, -0.25) is 0 Å². The summed E-state index contributed by atoms with van der Waals surface area (Å²) < 4.78 is 11.5. The average Bonchev–Trinajstić information content (AvgIpc) is 3.13. The molecule has 3 nitrogen and oxygen atoms in total. The summed E-state index contributed by atoms with van der Waals surface area (Å²) in [5.74, 6) is 1.71. The number of benzene rings is 3. The first-order valence-corrected chi connectivity index (χ1v) is 11.9. The van der Waals surface area contributed by atoms with Gasteiger partial charge < -0.3 is 14.4 Å². The van der Waals surface area contributed by atoms with Crippen LogP contribution < -0.4 is 19.7 Å². The fraction of sp³-hybridized carbons (Fsp3) is 0.308. The zero-order valence-corrected chi connectivity index (χ0v) is 19.4. The van der Waals surface area contributed by atoms with Gasteiger partial charge in [-0.25, -0.2) is 0 Å². The number of hydrogen-bond acceptors (Lipinski definition) is 3. The number of rotatable bonds is 5. The summed E-state index contributed by atoms with van der Waals surface area (Å²) in [7, 11) is 3.06. The third kappa shape index (κ3) is 3.79. The van der Waals surface area contributed by atoms with Gasteiger partial charge in [-0.05, 0) is 42.4 Å². The normalized spacial score (nSPS) is 15.8. The van der Waals surface area contributed by atoms with Crippen LogP contribution in [0, 0.1) is 0 Å². The van der Waals surface area contributed by atoms with E-state index in [1.807, 2.05) is 18.2 Å². The third-order valence-corrected chi connectivity index (χ3v) is 8.91. The van der Waals surface area contributed by atoms with Crippen molar-refractivity contribution in [2.24, 2.45) is 0 Å². The maximum Gasteiger partial charge on any atom is 0.130 e. The van der Waals surface area contributed by atoms with E-state index >= 15 is 0 Å². The fourth-order valence-corrected chi connectivity index (χ4v) is 6.99. The van der Waals surface area contributed by atoms with Crippen LogP contribution in [-0.2, 0) is 6.54 Å². The number of fused-ring (bicyclic) bond motifs is 1. The molecule has 0 N–H and O–H groups in total. The van der Waals surface area contributed by atoms with Gasteiger partial charge in [0, 0.05) is 23.8 Å². The molecule has 0 fully saturated rings. The first-order valence-electron chi connectivity index (χ1n) is 10.3. The van der Waals surface area contributed by atoms with Gasteiger partial charge in [-0.2, -0.15) is 0 Å². The average molecular weight is 420 g/mol. The van der Waals surface area contributed by atoms with Crippen molar-refractivity contribution in [3.8, 4) is 22.6 Å². The number of methoxy groups -OCH3 is 2. The van der Waals surface area contributed by atoms with Crippen LogP contribution in [0.5, 0.6) is 11.5 Å². The van der Waals surface area contributed by atoms with Gasteiger partial charge in [0.05, 0.1) is 19.8 Å². The van der Waals surface area contributed by atoms with E-state index in [-0.39, 0.29) is 5.16 Å². The summed E-state index contributed by atoms with van der Waals surface area (Å²) in [6, 6.07) is 23.4. The minimum Gasteiger partial charge on any atom is -0.496 e. The summed E-state index contributed by atoms with van der Waals surface area (Å²) in [4.78, 5) is 2.55. The molecule has 1 unspecified atom stereocenters. The predicted octanol–water partition coefficient (Wildman–Crippen LogP) is 6.25. The maximum atomic E-state index is 5.76. The zero-order chi connectivity index (χ0) is 21.3. The van der Waals surface area contributed by atoms with Crippen molar-refractivity contribution in [2.45, 2.75) is 32.5 Å². The number of anilines is 1. The van der Waals surface area contributed by atoms with E-state index < -0.39 is 7.92 Å². The lowest BCUT2D eigenvalue weighted by Crippen LogP contribution is -2.22. The van der Waals surface area contributed by atoms with Gasteiger partial charge in [0.1, 0.15) is 11.5 Å². The Morgan fingerprint density at radius 2 is 1.47 bits per heavy atom. The van der Waals surface area contributed by atoms with Gasteiger partial charge in [-0.15, -0.1) is 0 Å².